The van der Waals surface area contributed by atoms with Crippen LogP contribution >= 0.6 is 22.9 Å². The Bertz CT molecular complexity index is 765. The van der Waals surface area contributed by atoms with Gasteiger partial charge in [0.1, 0.15) is 5.01 Å². The number of hydrogen-bond donors (Lipinski definition) is 2. The molecule has 0 unspecified atom stereocenters. The standard InChI is InChI=1S/C11H9ClF2N6OS/c12-10-18-8(16-3-6-15-1-2-22-6)7-9(19-10)20-11(17-7)21-4-5(13)14/h1-2,5H,3-4H2,(H2,16,17,18,19,20). The molecule has 11 heteroatoms. The van der Waals surface area contributed by atoms with E-state index < -0.39 is 13.0 Å². The number of halogens is 3. The van der Waals surface area contributed by atoms with Crippen molar-refractivity contribution in [3.05, 3.63) is 21.9 Å². The van der Waals surface area contributed by atoms with Crippen molar-refractivity contribution in [2.75, 3.05) is 11.9 Å². The number of aromatic amines is 1. The maximum atomic E-state index is 12.2. The Hall–Kier alpha value is -2.07. The summed E-state index contributed by atoms with van der Waals surface area (Å²) >= 11 is 7.32. The summed E-state index contributed by atoms with van der Waals surface area (Å²) in [5, 5.41) is 5.74. The summed E-state index contributed by atoms with van der Waals surface area (Å²) < 4.78 is 29.2. The zero-order valence-corrected chi connectivity index (χ0v) is 12.5. The first-order valence-electron chi connectivity index (χ1n) is 6.08. The molecule has 0 atom stereocenters. The van der Waals surface area contributed by atoms with Gasteiger partial charge >= 0.3 is 0 Å². The third kappa shape index (κ3) is 3.39. The molecule has 2 N–H and O–H groups in total. The summed E-state index contributed by atoms with van der Waals surface area (Å²) in [6.45, 7) is -0.330. The first-order chi connectivity index (χ1) is 10.6. The Kier molecular flexibility index (Phi) is 4.29. The summed E-state index contributed by atoms with van der Waals surface area (Å²) in [7, 11) is 0. The van der Waals surface area contributed by atoms with E-state index in [4.69, 9.17) is 16.3 Å². The maximum absolute atomic E-state index is 12.2. The Morgan fingerprint density at radius 1 is 1.36 bits per heavy atom. The van der Waals surface area contributed by atoms with Gasteiger partial charge in [-0.1, -0.05) is 0 Å². The molecule has 7 nitrogen and oxygen atoms in total. The van der Waals surface area contributed by atoms with Crippen molar-refractivity contribution in [1.82, 2.24) is 24.9 Å². The highest BCUT2D eigenvalue weighted by Gasteiger charge is 2.14. The zero-order valence-electron chi connectivity index (χ0n) is 10.9. The maximum Gasteiger partial charge on any atom is 0.296 e. The van der Waals surface area contributed by atoms with Crippen LogP contribution in [0.4, 0.5) is 14.6 Å². The SMILES string of the molecule is FC(F)COc1nc2c(NCc3nccs3)nc(Cl)nc2[nH]1. The minimum atomic E-state index is -2.59. The van der Waals surface area contributed by atoms with Crippen molar-refractivity contribution in [2.45, 2.75) is 13.0 Å². The molecule has 3 heterocycles. The van der Waals surface area contributed by atoms with Gasteiger partial charge in [-0.3, -0.25) is 4.98 Å². The second-order valence-electron chi connectivity index (χ2n) is 4.06. The van der Waals surface area contributed by atoms with Gasteiger partial charge in [-0.15, -0.1) is 11.3 Å². The summed E-state index contributed by atoms with van der Waals surface area (Å²) in [5.74, 6) is 0.369. The Balaban J connectivity index is 1.84. The fraction of sp³-hybridized carbons (Fsp3) is 0.273. The van der Waals surface area contributed by atoms with Crippen molar-refractivity contribution >= 4 is 39.9 Å². The van der Waals surface area contributed by atoms with Crippen LogP contribution in [0.1, 0.15) is 5.01 Å². The molecule has 0 spiro atoms. The van der Waals surface area contributed by atoms with Crippen LogP contribution < -0.4 is 10.1 Å². The van der Waals surface area contributed by atoms with E-state index in [9.17, 15) is 8.78 Å². The van der Waals surface area contributed by atoms with Crippen LogP contribution in [0.2, 0.25) is 5.28 Å². The van der Waals surface area contributed by atoms with E-state index in [1.54, 1.807) is 6.20 Å². The predicted octanol–water partition coefficient (Wildman–Crippen LogP) is 2.72. The van der Waals surface area contributed by atoms with Crippen LogP contribution in [0.3, 0.4) is 0 Å². The van der Waals surface area contributed by atoms with Gasteiger partial charge in [0, 0.05) is 11.6 Å². The van der Waals surface area contributed by atoms with Crippen LogP contribution in [-0.4, -0.2) is 38.0 Å². The molecule has 0 aliphatic rings. The summed E-state index contributed by atoms with van der Waals surface area (Å²) in [5.41, 5.74) is 0.649. The third-order valence-electron chi connectivity index (χ3n) is 2.53. The number of hydrogen-bond acceptors (Lipinski definition) is 7. The van der Waals surface area contributed by atoms with E-state index in [2.05, 4.69) is 30.2 Å². The topological polar surface area (TPSA) is 88.6 Å². The number of H-pyrrole nitrogens is 1. The van der Waals surface area contributed by atoms with Gasteiger partial charge in [0.05, 0.1) is 6.54 Å². The molecule has 3 aromatic heterocycles. The molecule has 22 heavy (non-hydrogen) atoms. The molecule has 3 aromatic rings. The van der Waals surface area contributed by atoms with Gasteiger partial charge in [-0.25, -0.2) is 13.8 Å². The van der Waals surface area contributed by atoms with Gasteiger partial charge in [-0.2, -0.15) is 15.0 Å². The van der Waals surface area contributed by atoms with Crippen molar-refractivity contribution in [3.63, 3.8) is 0 Å². The molecule has 0 bridgehead atoms. The largest absolute Gasteiger partial charge is 0.459 e. The number of imidazole rings is 1. The van der Waals surface area contributed by atoms with E-state index >= 15 is 0 Å². The van der Waals surface area contributed by atoms with Gasteiger partial charge in [-0.05, 0) is 11.6 Å². The number of alkyl halides is 2. The molecule has 0 aliphatic carbocycles. The quantitative estimate of drug-likeness (QED) is 0.667. The normalized spacial score (nSPS) is 11.3. The van der Waals surface area contributed by atoms with E-state index in [0.717, 1.165) is 5.01 Å². The summed E-state index contributed by atoms with van der Waals surface area (Å²) in [4.78, 5) is 18.8. The molecule has 0 radical (unpaired) electrons. The Labute approximate surface area is 131 Å². The van der Waals surface area contributed by atoms with Crippen molar-refractivity contribution < 1.29 is 13.5 Å². The molecule has 0 aliphatic heterocycles. The minimum Gasteiger partial charge on any atom is -0.459 e. The van der Waals surface area contributed by atoms with Crippen molar-refractivity contribution in [1.29, 1.82) is 0 Å². The van der Waals surface area contributed by atoms with Crippen LogP contribution in [0.15, 0.2) is 11.6 Å². The highest BCUT2D eigenvalue weighted by Crippen LogP contribution is 2.23. The van der Waals surface area contributed by atoms with Crippen LogP contribution in [0.25, 0.3) is 11.2 Å². The van der Waals surface area contributed by atoms with Crippen LogP contribution in [0.5, 0.6) is 6.01 Å². The lowest BCUT2D eigenvalue weighted by Crippen LogP contribution is -2.07. The van der Waals surface area contributed by atoms with Crippen LogP contribution in [0, 0.1) is 0 Å². The van der Waals surface area contributed by atoms with Gasteiger partial charge in [0.2, 0.25) is 5.28 Å². The number of fused-ring (bicyclic) bond motifs is 1. The number of nitrogens with one attached hydrogen (secondary N) is 2. The predicted molar refractivity (Wildman–Crippen MR) is 77.6 cm³/mol. The molecule has 0 aromatic carbocycles. The number of ether oxygens (including phenoxy) is 1. The lowest BCUT2D eigenvalue weighted by Gasteiger charge is -2.03. The van der Waals surface area contributed by atoms with Crippen LogP contribution in [-0.2, 0) is 6.54 Å². The highest BCUT2D eigenvalue weighted by molar-refractivity contribution is 7.09. The van der Waals surface area contributed by atoms with Gasteiger partial charge < -0.3 is 10.1 Å². The summed E-state index contributed by atoms with van der Waals surface area (Å²) in [6, 6.07) is -0.0656. The zero-order chi connectivity index (χ0) is 15.5. The molecular weight excluding hydrogens is 338 g/mol. The lowest BCUT2D eigenvalue weighted by molar-refractivity contribution is 0.0777. The molecule has 0 amide bonds. The van der Waals surface area contributed by atoms with Crippen molar-refractivity contribution in [2.24, 2.45) is 0 Å². The smallest absolute Gasteiger partial charge is 0.296 e. The second-order valence-corrected chi connectivity index (χ2v) is 5.38. The average molecular weight is 347 g/mol. The molecule has 0 fully saturated rings. The Morgan fingerprint density at radius 3 is 2.95 bits per heavy atom. The molecule has 0 saturated carbocycles. The lowest BCUT2D eigenvalue weighted by atomic mass is 10.5. The first-order valence-corrected chi connectivity index (χ1v) is 7.34. The third-order valence-corrected chi connectivity index (χ3v) is 3.48. The highest BCUT2D eigenvalue weighted by atomic mass is 35.5. The average Bonchev–Trinajstić information content (AvgIpc) is 3.11. The number of anilines is 1. The first kappa shape index (κ1) is 14.9. The minimum absolute atomic E-state index is 0.00167. The Morgan fingerprint density at radius 2 is 2.23 bits per heavy atom. The van der Waals surface area contributed by atoms with E-state index in [1.807, 2.05) is 5.38 Å². The van der Waals surface area contributed by atoms with E-state index in [-0.39, 0.29) is 11.3 Å². The number of thiazole rings is 1. The van der Waals surface area contributed by atoms with Gasteiger partial charge in [0.25, 0.3) is 12.4 Å². The second kappa shape index (κ2) is 6.36. The number of nitrogens with zero attached hydrogens (tertiary/aromatic N) is 4. The fourth-order valence-electron chi connectivity index (χ4n) is 1.68. The molecular formula is C11H9ClF2N6OS. The molecule has 116 valence electrons. The van der Waals surface area contributed by atoms with E-state index in [0.29, 0.717) is 23.5 Å². The van der Waals surface area contributed by atoms with E-state index in [1.165, 1.54) is 11.3 Å². The molecule has 3 rings (SSSR count). The van der Waals surface area contributed by atoms with Gasteiger partial charge in [0.15, 0.2) is 23.6 Å². The number of aromatic nitrogens is 5. The van der Waals surface area contributed by atoms with Crippen molar-refractivity contribution in [3.8, 4) is 6.01 Å². The monoisotopic (exact) mass is 346 g/mol. The number of rotatable bonds is 6. The fourth-order valence-corrected chi connectivity index (χ4v) is 2.41. The molecule has 0 saturated heterocycles. The summed E-state index contributed by atoms with van der Waals surface area (Å²) in [6.07, 6.45) is -0.903.